The Bertz CT molecular complexity index is 591. The Labute approximate surface area is 109 Å². The summed E-state index contributed by atoms with van der Waals surface area (Å²) in [5.74, 6) is -6.08. The molecule has 2 nitrogen and oxygen atoms in total. The van der Waals surface area contributed by atoms with E-state index in [2.05, 4.69) is 0 Å². The van der Waals surface area contributed by atoms with E-state index in [9.17, 15) is 27.8 Å². The van der Waals surface area contributed by atoms with E-state index in [0.717, 1.165) is 12.1 Å². The SMILES string of the molecule is Oc1c(F)cc(F)cc1Sc1cc(F)cc(F)c1O. The van der Waals surface area contributed by atoms with Gasteiger partial charge < -0.3 is 10.2 Å². The highest BCUT2D eigenvalue weighted by atomic mass is 32.2. The Hall–Kier alpha value is -1.89. The number of hydrogen-bond acceptors (Lipinski definition) is 3. The molecule has 0 radical (unpaired) electrons. The maximum atomic E-state index is 13.1. The fourth-order valence-corrected chi connectivity index (χ4v) is 2.33. The van der Waals surface area contributed by atoms with Crippen molar-refractivity contribution in [1.82, 2.24) is 0 Å². The fraction of sp³-hybridized carbons (Fsp3) is 0. The maximum Gasteiger partial charge on any atom is 0.168 e. The highest BCUT2D eigenvalue weighted by molar-refractivity contribution is 7.99. The van der Waals surface area contributed by atoms with Crippen molar-refractivity contribution in [2.75, 3.05) is 0 Å². The van der Waals surface area contributed by atoms with Crippen LogP contribution in [-0.4, -0.2) is 10.2 Å². The zero-order chi connectivity index (χ0) is 14.2. The van der Waals surface area contributed by atoms with Gasteiger partial charge in [0.15, 0.2) is 23.1 Å². The summed E-state index contributed by atoms with van der Waals surface area (Å²) in [5, 5.41) is 18.8. The third-order valence-corrected chi connectivity index (χ3v) is 3.27. The molecule has 0 fully saturated rings. The summed E-state index contributed by atoms with van der Waals surface area (Å²) in [7, 11) is 0. The molecule has 7 heteroatoms. The molecule has 0 aromatic heterocycles. The standard InChI is InChI=1S/C12H6F4O2S/c13-5-1-7(15)11(17)9(3-5)19-10-4-6(14)2-8(16)12(10)18/h1-4,17-18H. The second-order valence-corrected chi connectivity index (χ2v) is 4.65. The van der Waals surface area contributed by atoms with Gasteiger partial charge in [-0.2, -0.15) is 0 Å². The number of rotatable bonds is 2. The molecule has 0 spiro atoms. The van der Waals surface area contributed by atoms with Crippen LogP contribution in [0.25, 0.3) is 0 Å². The predicted molar refractivity (Wildman–Crippen MR) is 60.2 cm³/mol. The number of benzene rings is 2. The molecule has 100 valence electrons. The number of hydrogen-bond donors (Lipinski definition) is 2. The van der Waals surface area contributed by atoms with Crippen LogP contribution in [0.5, 0.6) is 11.5 Å². The molecule has 2 N–H and O–H groups in total. The first kappa shape index (κ1) is 13.5. The lowest BCUT2D eigenvalue weighted by atomic mass is 10.3. The quantitative estimate of drug-likeness (QED) is 0.826. The predicted octanol–water partition coefficient (Wildman–Crippen LogP) is 3.81. The second-order valence-electron chi connectivity index (χ2n) is 3.57. The fourth-order valence-electron chi connectivity index (χ4n) is 1.36. The first-order chi connectivity index (χ1) is 8.88. The van der Waals surface area contributed by atoms with Gasteiger partial charge in [-0.25, -0.2) is 17.6 Å². The van der Waals surface area contributed by atoms with Crippen LogP contribution in [0, 0.1) is 23.3 Å². The second kappa shape index (κ2) is 5.00. The third-order valence-electron chi connectivity index (χ3n) is 2.21. The molecule has 0 aliphatic carbocycles. The van der Waals surface area contributed by atoms with Gasteiger partial charge in [0, 0.05) is 12.1 Å². The summed E-state index contributed by atoms with van der Waals surface area (Å²) in [6.45, 7) is 0. The summed E-state index contributed by atoms with van der Waals surface area (Å²) >= 11 is 0.437. The molecule has 2 rings (SSSR count). The van der Waals surface area contributed by atoms with Gasteiger partial charge in [-0.15, -0.1) is 0 Å². The van der Waals surface area contributed by atoms with Crippen molar-refractivity contribution in [3.8, 4) is 11.5 Å². The summed E-state index contributed by atoms with van der Waals surface area (Å²) in [5.41, 5.74) is 0. The molecular formula is C12H6F4O2S. The van der Waals surface area contributed by atoms with Crippen LogP contribution in [0.3, 0.4) is 0 Å². The van der Waals surface area contributed by atoms with E-state index in [1.54, 1.807) is 0 Å². The summed E-state index contributed by atoms with van der Waals surface area (Å²) in [6, 6.07) is 2.49. The molecule has 0 heterocycles. The lowest BCUT2D eigenvalue weighted by molar-refractivity contribution is 0.411. The van der Waals surface area contributed by atoms with Gasteiger partial charge in [0.05, 0.1) is 9.79 Å². The highest BCUT2D eigenvalue weighted by Crippen LogP contribution is 2.41. The molecule has 0 unspecified atom stereocenters. The minimum atomic E-state index is -1.21. The van der Waals surface area contributed by atoms with Crippen molar-refractivity contribution in [3.63, 3.8) is 0 Å². The van der Waals surface area contributed by atoms with Gasteiger partial charge in [-0.1, -0.05) is 11.8 Å². The zero-order valence-electron chi connectivity index (χ0n) is 9.12. The Morgan fingerprint density at radius 3 is 1.42 bits per heavy atom. The molecule has 0 saturated heterocycles. The van der Waals surface area contributed by atoms with E-state index >= 15 is 0 Å². The highest BCUT2D eigenvalue weighted by Gasteiger charge is 2.16. The molecule has 0 aliphatic rings. The molecule has 2 aromatic rings. The molecule has 0 bridgehead atoms. The van der Waals surface area contributed by atoms with Crippen LogP contribution < -0.4 is 0 Å². The van der Waals surface area contributed by atoms with Crippen LogP contribution in [0.15, 0.2) is 34.1 Å². The average Bonchev–Trinajstić information content (AvgIpc) is 2.31. The Morgan fingerprint density at radius 2 is 1.05 bits per heavy atom. The minimum Gasteiger partial charge on any atom is -0.504 e. The third kappa shape index (κ3) is 2.76. The molecule has 0 amide bonds. The van der Waals surface area contributed by atoms with E-state index in [1.165, 1.54) is 0 Å². The largest absolute Gasteiger partial charge is 0.504 e. The van der Waals surface area contributed by atoms with Crippen LogP contribution in [0.2, 0.25) is 0 Å². The number of phenolic OH excluding ortho intramolecular Hbond substituents is 2. The van der Waals surface area contributed by atoms with E-state index in [4.69, 9.17) is 0 Å². The summed E-state index contributed by atoms with van der Waals surface area (Å²) < 4.78 is 52.2. The zero-order valence-corrected chi connectivity index (χ0v) is 9.94. The van der Waals surface area contributed by atoms with Crippen molar-refractivity contribution in [1.29, 1.82) is 0 Å². The first-order valence-corrected chi connectivity index (χ1v) is 5.74. The lowest BCUT2D eigenvalue weighted by Crippen LogP contribution is -1.87. The summed E-state index contributed by atoms with van der Waals surface area (Å²) in [6.07, 6.45) is 0. The van der Waals surface area contributed by atoms with Gasteiger partial charge in [-0.05, 0) is 12.1 Å². The summed E-state index contributed by atoms with van der Waals surface area (Å²) in [4.78, 5) is -0.615. The monoisotopic (exact) mass is 290 g/mol. The molecule has 2 aromatic carbocycles. The smallest absolute Gasteiger partial charge is 0.168 e. The molecule has 19 heavy (non-hydrogen) atoms. The number of halogens is 4. The van der Waals surface area contributed by atoms with Crippen molar-refractivity contribution < 1.29 is 27.8 Å². The van der Waals surface area contributed by atoms with Crippen LogP contribution in [0.4, 0.5) is 17.6 Å². The molecule has 0 saturated carbocycles. The van der Waals surface area contributed by atoms with Crippen LogP contribution in [0.1, 0.15) is 0 Å². The Morgan fingerprint density at radius 1 is 0.684 bits per heavy atom. The normalized spacial score (nSPS) is 10.7. The first-order valence-electron chi connectivity index (χ1n) is 4.92. The van der Waals surface area contributed by atoms with E-state index in [1.807, 2.05) is 0 Å². The van der Waals surface area contributed by atoms with Crippen LogP contribution >= 0.6 is 11.8 Å². The van der Waals surface area contributed by atoms with Crippen molar-refractivity contribution in [2.45, 2.75) is 9.79 Å². The van der Waals surface area contributed by atoms with Gasteiger partial charge in [-0.3, -0.25) is 0 Å². The molecular weight excluding hydrogens is 284 g/mol. The Balaban J connectivity index is 2.47. The van der Waals surface area contributed by atoms with Gasteiger partial charge >= 0.3 is 0 Å². The van der Waals surface area contributed by atoms with Crippen molar-refractivity contribution in [2.24, 2.45) is 0 Å². The minimum absolute atomic E-state index is 0.308. The van der Waals surface area contributed by atoms with E-state index < -0.39 is 34.8 Å². The van der Waals surface area contributed by atoms with Crippen molar-refractivity contribution >= 4 is 11.8 Å². The van der Waals surface area contributed by atoms with Gasteiger partial charge in [0.25, 0.3) is 0 Å². The van der Waals surface area contributed by atoms with Crippen LogP contribution in [-0.2, 0) is 0 Å². The Kier molecular flexibility index (Phi) is 3.57. The maximum absolute atomic E-state index is 13.1. The van der Waals surface area contributed by atoms with E-state index in [0.29, 0.717) is 23.9 Å². The lowest BCUT2D eigenvalue weighted by Gasteiger charge is -2.08. The van der Waals surface area contributed by atoms with E-state index in [-0.39, 0.29) is 9.79 Å². The number of aromatic hydroxyl groups is 2. The van der Waals surface area contributed by atoms with Gasteiger partial charge in [0.1, 0.15) is 11.6 Å². The number of phenols is 2. The molecule has 0 atom stereocenters. The average molecular weight is 290 g/mol. The van der Waals surface area contributed by atoms with Gasteiger partial charge in [0.2, 0.25) is 0 Å². The van der Waals surface area contributed by atoms with Crippen molar-refractivity contribution in [3.05, 3.63) is 47.5 Å². The molecule has 0 aliphatic heterocycles. The topological polar surface area (TPSA) is 40.5 Å².